The first-order valence-corrected chi connectivity index (χ1v) is 6.64. The number of hydrogen-bond acceptors (Lipinski definition) is 3. The van der Waals surface area contributed by atoms with Gasteiger partial charge in [-0.3, -0.25) is 4.79 Å². The van der Waals surface area contributed by atoms with Crippen molar-refractivity contribution >= 4 is 10.8 Å². The molecule has 0 saturated heterocycles. The van der Waals surface area contributed by atoms with Gasteiger partial charge in [-0.15, -0.1) is 0 Å². The van der Waals surface area contributed by atoms with E-state index in [0.717, 1.165) is 16.8 Å². The first kappa shape index (κ1) is 14.3. The molecule has 22 heavy (non-hydrogen) atoms. The molecule has 1 atom stereocenters. The molecule has 2 aromatic carbocycles. The second-order valence-electron chi connectivity index (χ2n) is 4.90. The maximum absolute atomic E-state index is 13.6. The summed E-state index contributed by atoms with van der Waals surface area (Å²) in [4.78, 5) is 12.3. The molecule has 3 rings (SSSR count). The van der Waals surface area contributed by atoms with Crippen LogP contribution in [0.3, 0.4) is 0 Å². The first-order chi connectivity index (χ1) is 10.6. The molecule has 0 spiro atoms. The van der Waals surface area contributed by atoms with Gasteiger partial charge in [0.15, 0.2) is 0 Å². The average Bonchev–Trinajstić information content (AvgIpc) is 2.50. The first-order valence-electron chi connectivity index (χ1n) is 6.64. The smallest absolute Gasteiger partial charge is 0.274 e. The van der Waals surface area contributed by atoms with Gasteiger partial charge >= 0.3 is 0 Å². The number of nitrogens with zero attached hydrogens (tertiary/aromatic N) is 2. The molecule has 0 saturated carbocycles. The van der Waals surface area contributed by atoms with Gasteiger partial charge in [-0.2, -0.15) is 5.10 Å². The standard InChI is InChI=1S/C16H12F2N2O2/c17-11-5-6-13(14(18)7-11)15(21)9-20-16(22)12-4-2-1-3-10(12)8-19-20/h1-8,15,21H,9H2/t15-/m1/s1. The van der Waals surface area contributed by atoms with E-state index in [4.69, 9.17) is 0 Å². The van der Waals surface area contributed by atoms with E-state index in [1.165, 1.54) is 6.20 Å². The predicted molar refractivity (Wildman–Crippen MR) is 77.3 cm³/mol. The van der Waals surface area contributed by atoms with Gasteiger partial charge in [-0.25, -0.2) is 13.5 Å². The SMILES string of the molecule is O=c1c2ccccc2cnn1C[C@@H](O)c1ccc(F)cc1F. The predicted octanol–water partition coefficient (Wildman–Crippen LogP) is 2.41. The number of aliphatic hydroxyl groups excluding tert-OH is 1. The van der Waals surface area contributed by atoms with Crippen LogP contribution in [0.1, 0.15) is 11.7 Å². The summed E-state index contributed by atoms with van der Waals surface area (Å²) in [6.45, 7) is -0.216. The summed E-state index contributed by atoms with van der Waals surface area (Å²) in [6.07, 6.45) is 0.205. The Kier molecular flexibility index (Phi) is 3.68. The Balaban J connectivity index is 1.96. The van der Waals surface area contributed by atoms with Crippen molar-refractivity contribution in [1.82, 2.24) is 9.78 Å². The summed E-state index contributed by atoms with van der Waals surface area (Å²) in [5.74, 6) is -1.59. The normalized spacial score (nSPS) is 12.5. The summed E-state index contributed by atoms with van der Waals surface area (Å²) < 4.78 is 27.6. The van der Waals surface area contributed by atoms with E-state index < -0.39 is 17.7 Å². The fourth-order valence-electron chi connectivity index (χ4n) is 2.29. The fraction of sp³-hybridized carbons (Fsp3) is 0.125. The Morgan fingerprint density at radius 3 is 2.73 bits per heavy atom. The zero-order valence-electron chi connectivity index (χ0n) is 11.4. The number of benzene rings is 2. The van der Waals surface area contributed by atoms with Gasteiger partial charge in [0.1, 0.15) is 17.7 Å². The summed E-state index contributed by atoms with van der Waals surface area (Å²) in [6, 6.07) is 9.82. The quantitative estimate of drug-likeness (QED) is 0.808. The Morgan fingerprint density at radius 1 is 1.18 bits per heavy atom. The Bertz CT molecular complexity index is 893. The van der Waals surface area contributed by atoms with Gasteiger partial charge in [0.2, 0.25) is 0 Å². The molecular weight excluding hydrogens is 290 g/mol. The van der Waals surface area contributed by atoms with Gasteiger partial charge in [-0.1, -0.05) is 24.3 Å². The van der Waals surface area contributed by atoms with Crippen molar-refractivity contribution in [2.24, 2.45) is 0 Å². The van der Waals surface area contributed by atoms with Crippen LogP contribution in [0.5, 0.6) is 0 Å². The van der Waals surface area contributed by atoms with Crippen LogP contribution in [0.15, 0.2) is 53.5 Å². The monoisotopic (exact) mass is 302 g/mol. The van der Waals surface area contributed by atoms with E-state index in [1.54, 1.807) is 24.3 Å². The molecule has 0 aliphatic heterocycles. The van der Waals surface area contributed by atoms with Crippen LogP contribution in [-0.2, 0) is 6.54 Å². The zero-order valence-corrected chi connectivity index (χ0v) is 11.4. The molecule has 6 heteroatoms. The maximum Gasteiger partial charge on any atom is 0.274 e. The van der Waals surface area contributed by atoms with Crippen molar-refractivity contribution < 1.29 is 13.9 Å². The van der Waals surface area contributed by atoms with Crippen LogP contribution >= 0.6 is 0 Å². The lowest BCUT2D eigenvalue weighted by molar-refractivity contribution is 0.145. The van der Waals surface area contributed by atoms with E-state index in [-0.39, 0.29) is 17.7 Å². The lowest BCUT2D eigenvalue weighted by atomic mass is 10.1. The third-order valence-corrected chi connectivity index (χ3v) is 3.43. The molecule has 4 nitrogen and oxygen atoms in total. The zero-order chi connectivity index (χ0) is 15.7. The maximum atomic E-state index is 13.6. The Hall–Kier alpha value is -2.60. The van der Waals surface area contributed by atoms with E-state index in [0.29, 0.717) is 16.8 Å². The number of halogens is 2. The molecule has 112 valence electrons. The van der Waals surface area contributed by atoms with Crippen molar-refractivity contribution in [3.63, 3.8) is 0 Å². The molecule has 0 amide bonds. The molecule has 0 radical (unpaired) electrons. The average molecular weight is 302 g/mol. The highest BCUT2D eigenvalue weighted by atomic mass is 19.1. The Morgan fingerprint density at radius 2 is 1.95 bits per heavy atom. The van der Waals surface area contributed by atoms with Crippen LogP contribution in [-0.4, -0.2) is 14.9 Å². The fourth-order valence-corrected chi connectivity index (χ4v) is 2.29. The highest BCUT2D eigenvalue weighted by molar-refractivity contribution is 5.80. The van der Waals surface area contributed by atoms with E-state index >= 15 is 0 Å². The van der Waals surface area contributed by atoms with Crippen LogP contribution in [0.25, 0.3) is 10.8 Å². The van der Waals surface area contributed by atoms with Crippen molar-refractivity contribution in [2.75, 3.05) is 0 Å². The van der Waals surface area contributed by atoms with Gasteiger partial charge in [0.25, 0.3) is 5.56 Å². The van der Waals surface area contributed by atoms with Gasteiger partial charge in [0, 0.05) is 17.0 Å². The molecule has 1 N–H and O–H groups in total. The van der Waals surface area contributed by atoms with Crippen LogP contribution in [0, 0.1) is 11.6 Å². The molecule has 3 aromatic rings. The number of fused-ring (bicyclic) bond motifs is 1. The summed E-state index contributed by atoms with van der Waals surface area (Å²) in [5, 5.41) is 15.2. The van der Waals surface area contributed by atoms with Gasteiger partial charge in [0.05, 0.1) is 18.1 Å². The second-order valence-corrected chi connectivity index (χ2v) is 4.90. The highest BCUT2D eigenvalue weighted by Gasteiger charge is 2.16. The van der Waals surface area contributed by atoms with Crippen molar-refractivity contribution in [3.8, 4) is 0 Å². The third-order valence-electron chi connectivity index (χ3n) is 3.43. The molecule has 1 heterocycles. The van der Waals surface area contributed by atoms with Gasteiger partial charge < -0.3 is 5.11 Å². The third kappa shape index (κ3) is 2.60. The summed E-state index contributed by atoms with van der Waals surface area (Å²) in [5.41, 5.74) is -0.456. The molecular formula is C16H12F2N2O2. The highest BCUT2D eigenvalue weighted by Crippen LogP contribution is 2.19. The number of rotatable bonds is 3. The topological polar surface area (TPSA) is 55.1 Å². The van der Waals surface area contributed by atoms with E-state index in [1.807, 2.05) is 0 Å². The van der Waals surface area contributed by atoms with Crippen molar-refractivity contribution in [2.45, 2.75) is 12.6 Å². The lowest BCUT2D eigenvalue weighted by Gasteiger charge is -2.13. The number of aromatic nitrogens is 2. The molecule has 0 aliphatic carbocycles. The summed E-state index contributed by atoms with van der Waals surface area (Å²) >= 11 is 0. The van der Waals surface area contributed by atoms with Crippen molar-refractivity contribution in [3.05, 3.63) is 76.2 Å². The molecule has 1 aromatic heterocycles. The minimum absolute atomic E-state index is 0.0803. The number of aliphatic hydroxyl groups is 1. The molecule has 0 aliphatic rings. The van der Waals surface area contributed by atoms with Crippen LogP contribution in [0.4, 0.5) is 8.78 Å². The number of hydrogen-bond donors (Lipinski definition) is 1. The minimum atomic E-state index is -1.30. The Labute approximate surface area is 124 Å². The van der Waals surface area contributed by atoms with E-state index in [2.05, 4.69) is 5.10 Å². The lowest BCUT2D eigenvalue weighted by Crippen LogP contribution is -2.26. The van der Waals surface area contributed by atoms with Gasteiger partial charge in [-0.05, 0) is 12.1 Å². The van der Waals surface area contributed by atoms with Crippen LogP contribution < -0.4 is 5.56 Å². The van der Waals surface area contributed by atoms with E-state index in [9.17, 15) is 18.7 Å². The molecule has 0 unspecified atom stereocenters. The second kappa shape index (κ2) is 5.65. The molecule has 0 bridgehead atoms. The minimum Gasteiger partial charge on any atom is -0.386 e. The molecule has 0 fully saturated rings. The summed E-state index contributed by atoms with van der Waals surface area (Å²) in [7, 11) is 0. The van der Waals surface area contributed by atoms with Crippen LogP contribution in [0.2, 0.25) is 0 Å². The van der Waals surface area contributed by atoms with Crippen molar-refractivity contribution in [1.29, 1.82) is 0 Å². The largest absolute Gasteiger partial charge is 0.386 e.